The molecule has 194 valence electrons. The van der Waals surface area contributed by atoms with Gasteiger partial charge in [-0.05, 0) is 80.3 Å². The molecule has 2 amide bonds. The maximum Gasteiger partial charge on any atom is 0.259 e. The minimum atomic E-state index is -1.05. The summed E-state index contributed by atoms with van der Waals surface area (Å²) in [7, 11) is 0. The highest BCUT2D eigenvalue weighted by Crippen LogP contribution is 2.35. The second-order valence-electron chi connectivity index (χ2n) is 10.5. The summed E-state index contributed by atoms with van der Waals surface area (Å²) < 4.78 is 25.2. The van der Waals surface area contributed by atoms with Gasteiger partial charge in [0.2, 0.25) is 5.91 Å². The van der Waals surface area contributed by atoms with Gasteiger partial charge in [0.1, 0.15) is 25.1 Å². The van der Waals surface area contributed by atoms with Crippen LogP contribution in [-0.2, 0) is 4.79 Å². The van der Waals surface area contributed by atoms with Crippen LogP contribution in [0.5, 0.6) is 11.5 Å². The first-order valence-corrected chi connectivity index (χ1v) is 12.4. The lowest BCUT2D eigenvalue weighted by atomic mass is 9.98. The zero-order valence-electron chi connectivity index (χ0n) is 21.9. The van der Waals surface area contributed by atoms with E-state index < -0.39 is 23.3 Å². The third-order valence-corrected chi connectivity index (χ3v) is 6.04. The number of carbonyl (C=O) groups excluding carboxylic acids is 2. The third kappa shape index (κ3) is 6.10. The summed E-state index contributed by atoms with van der Waals surface area (Å²) in [4.78, 5) is 29.4. The Morgan fingerprint density at radius 2 is 1.46 bits per heavy atom. The largest absolute Gasteiger partial charge is 0.486 e. The summed E-state index contributed by atoms with van der Waals surface area (Å²) in [5.41, 5.74) is 1.92. The van der Waals surface area contributed by atoms with Gasteiger partial charge < -0.3 is 14.8 Å². The second kappa shape index (κ2) is 10.6. The lowest BCUT2D eigenvalue weighted by molar-refractivity contribution is -0.123. The maximum atomic E-state index is 14.2. The molecule has 0 radical (unpaired) electrons. The highest BCUT2D eigenvalue weighted by molar-refractivity contribution is 6.10. The SMILES string of the molecule is CC(C)c1ccc(N(C(=O)c2ccc3c(c2)OCCO3)[C@H](C(=O)NC(C)(C)C)c2ccc(F)cc2)cc1. The fourth-order valence-electron chi connectivity index (χ4n) is 4.22. The lowest BCUT2D eigenvalue weighted by Crippen LogP contribution is -2.49. The summed E-state index contributed by atoms with van der Waals surface area (Å²) in [6.07, 6.45) is 0. The molecule has 0 saturated heterocycles. The van der Waals surface area contributed by atoms with Crippen LogP contribution in [0.4, 0.5) is 10.1 Å². The number of carbonyl (C=O) groups is 2. The van der Waals surface area contributed by atoms with Crippen LogP contribution in [0, 0.1) is 5.82 Å². The Kier molecular flexibility index (Phi) is 7.52. The van der Waals surface area contributed by atoms with Crippen LogP contribution in [-0.4, -0.2) is 30.6 Å². The number of ether oxygens (including phenoxy) is 2. The Labute approximate surface area is 217 Å². The molecule has 6 nitrogen and oxygen atoms in total. The van der Waals surface area contributed by atoms with Crippen molar-refractivity contribution in [3.63, 3.8) is 0 Å². The lowest BCUT2D eigenvalue weighted by Gasteiger charge is -2.34. The standard InChI is InChI=1S/C30H33FN2O4/c1-19(2)20-8-13-24(14-9-20)33(29(35)22-10-15-25-26(18-22)37-17-16-36-25)27(28(34)32-30(3,4)5)21-6-11-23(31)12-7-21/h6-15,18-19,27H,16-17H2,1-5H3,(H,32,34)/t27-/m0/s1. The Bertz CT molecular complexity index is 1260. The highest BCUT2D eigenvalue weighted by Gasteiger charge is 2.35. The number of anilines is 1. The quantitative estimate of drug-likeness (QED) is 0.446. The molecule has 7 heteroatoms. The molecular weight excluding hydrogens is 471 g/mol. The van der Waals surface area contributed by atoms with Crippen LogP contribution < -0.4 is 19.7 Å². The fraction of sp³-hybridized carbons (Fsp3) is 0.333. The predicted molar refractivity (Wildman–Crippen MR) is 142 cm³/mol. The van der Waals surface area contributed by atoms with Gasteiger partial charge in [0.15, 0.2) is 11.5 Å². The van der Waals surface area contributed by atoms with E-state index >= 15 is 0 Å². The smallest absolute Gasteiger partial charge is 0.259 e. The molecule has 37 heavy (non-hydrogen) atoms. The van der Waals surface area contributed by atoms with E-state index in [2.05, 4.69) is 19.2 Å². The number of benzene rings is 3. The summed E-state index contributed by atoms with van der Waals surface area (Å²) in [5, 5.41) is 3.00. The molecule has 0 aliphatic carbocycles. The van der Waals surface area contributed by atoms with Crippen LogP contribution in [0.1, 0.15) is 68.1 Å². The van der Waals surface area contributed by atoms with Gasteiger partial charge in [-0.25, -0.2) is 4.39 Å². The second-order valence-corrected chi connectivity index (χ2v) is 10.5. The van der Waals surface area contributed by atoms with Gasteiger partial charge in [0.05, 0.1) is 0 Å². The number of amides is 2. The average Bonchev–Trinajstić information content (AvgIpc) is 2.86. The van der Waals surface area contributed by atoms with E-state index in [1.54, 1.807) is 18.2 Å². The van der Waals surface area contributed by atoms with Crippen molar-refractivity contribution in [1.82, 2.24) is 5.32 Å². The Hall–Kier alpha value is -3.87. The molecule has 0 fully saturated rings. The Balaban J connectivity index is 1.86. The fourth-order valence-corrected chi connectivity index (χ4v) is 4.22. The van der Waals surface area contributed by atoms with E-state index in [-0.39, 0.29) is 5.91 Å². The van der Waals surface area contributed by atoms with Crippen molar-refractivity contribution in [2.24, 2.45) is 0 Å². The molecule has 1 aliphatic heterocycles. The van der Waals surface area contributed by atoms with Crippen LogP contribution in [0.25, 0.3) is 0 Å². The summed E-state index contributed by atoms with van der Waals surface area (Å²) in [5.74, 6) is 0.143. The van der Waals surface area contributed by atoms with Gasteiger partial charge in [0.25, 0.3) is 5.91 Å². The van der Waals surface area contributed by atoms with E-state index in [0.29, 0.717) is 47.4 Å². The molecule has 0 spiro atoms. The molecule has 0 unspecified atom stereocenters. The van der Waals surface area contributed by atoms with Crippen molar-refractivity contribution in [2.45, 2.75) is 52.1 Å². The maximum absolute atomic E-state index is 14.2. The monoisotopic (exact) mass is 504 g/mol. The van der Waals surface area contributed by atoms with E-state index in [1.807, 2.05) is 45.0 Å². The van der Waals surface area contributed by atoms with Gasteiger partial charge in [0, 0.05) is 16.8 Å². The first kappa shape index (κ1) is 26.2. The minimum Gasteiger partial charge on any atom is -0.486 e. The molecule has 1 heterocycles. The minimum absolute atomic E-state index is 0.299. The third-order valence-electron chi connectivity index (χ3n) is 6.04. The zero-order chi connectivity index (χ0) is 26.7. The van der Waals surface area contributed by atoms with Gasteiger partial charge >= 0.3 is 0 Å². The summed E-state index contributed by atoms with van der Waals surface area (Å²) in [6, 6.07) is 17.2. The van der Waals surface area contributed by atoms with Crippen molar-refractivity contribution in [3.05, 3.63) is 89.2 Å². The van der Waals surface area contributed by atoms with Crippen LogP contribution in [0.2, 0.25) is 0 Å². The molecule has 0 aromatic heterocycles. The van der Waals surface area contributed by atoms with Gasteiger partial charge in [-0.2, -0.15) is 0 Å². The van der Waals surface area contributed by atoms with E-state index in [9.17, 15) is 14.0 Å². The van der Waals surface area contributed by atoms with Crippen molar-refractivity contribution >= 4 is 17.5 Å². The van der Waals surface area contributed by atoms with Crippen molar-refractivity contribution in [3.8, 4) is 11.5 Å². The van der Waals surface area contributed by atoms with Crippen molar-refractivity contribution in [1.29, 1.82) is 0 Å². The highest BCUT2D eigenvalue weighted by atomic mass is 19.1. The summed E-state index contributed by atoms with van der Waals surface area (Å²) in [6.45, 7) is 10.6. The normalized spacial score (nSPS) is 13.7. The number of rotatable bonds is 6. The zero-order valence-corrected chi connectivity index (χ0v) is 21.9. The molecule has 1 aliphatic rings. The van der Waals surface area contributed by atoms with Crippen LogP contribution in [0.15, 0.2) is 66.7 Å². The van der Waals surface area contributed by atoms with Gasteiger partial charge in [-0.15, -0.1) is 0 Å². The topological polar surface area (TPSA) is 67.9 Å². The summed E-state index contributed by atoms with van der Waals surface area (Å²) >= 11 is 0. The van der Waals surface area contributed by atoms with E-state index in [1.165, 1.54) is 29.2 Å². The van der Waals surface area contributed by atoms with Crippen molar-refractivity contribution < 1.29 is 23.5 Å². The molecule has 0 saturated carbocycles. The number of nitrogens with one attached hydrogen (secondary N) is 1. The molecule has 4 rings (SSSR count). The van der Waals surface area contributed by atoms with Gasteiger partial charge in [-0.1, -0.05) is 38.1 Å². The molecular formula is C30H33FN2O4. The number of hydrogen-bond acceptors (Lipinski definition) is 4. The van der Waals surface area contributed by atoms with Crippen LogP contribution >= 0.6 is 0 Å². The van der Waals surface area contributed by atoms with E-state index in [0.717, 1.165) is 5.56 Å². The van der Waals surface area contributed by atoms with Crippen molar-refractivity contribution in [2.75, 3.05) is 18.1 Å². The predicted octanol–water partition coefficient (Wildman–Crippen LogP) is 6.02. The molecule has 3 aromatic carbocycles. The number of nitrogens with zero attached hydrogens (tertiary/aromatic N) is 1. The number of halogens is 1. The Morgan fingerprint density at radius 1 is 0.865 bits per heavy atom. The first-order chi connectivity index (χ1) is 17.5. The molecule has 1 atom stereocenters. The van der Waals surface area contributed by atoms with Gasteiger partial charge in [-0.3, -0.25) is 14.5 Å². The number of hydrogen-bond donors (Lipinski definition) is 1. The van der Waals surface area contributed by atoms with E-state index in [4.69, 9.17) is 9.47 Å². The molecule has 0 bridgehead atoms. The Morgan fingerprint density at radius 3 is 2.05 bits per heavy atom. The first-order valence-electron chi connectivity index (χ1n) is 12.4. The van der Waals surface area contributed by atoms with Crippen LogP contribution in [0.3, 0.4) is 0 Å². The molecule has 3 aromatic rings. The average molecular weight is 505 g/mol. The number of fused-ring (bicyclic) bond motifs is 1. The molecule has 1 N–H and O–H groups in total.